The van der Waals surface area contributed by atoms with Crippen LogP contribution in [0.2, 0.25) is 0 Å². The van der Waals surface area contributed by atoms with Crippen LogP contribution in [0.25, 0.3) is 0 Å². The Labute approximate surface area is 226 Å². The minimum absolute atomic E-state index is 0. The molecular formula is C29H49LiO5. The molecule has 5 nitrogen and oxygen atoms in total. The summed E-state index contributed by atoms with van der Waals surface area (Å²) in [7, 11) is 0. The molecule has 0 amide bonds. The fourth-order valence-corrected chi connectivity index (χ4v) is 3.76. The third-order valence-corrected chi connectivity index (χ3v) is 5.92. The molecule has 35 heavy (non-hydrogen) atoms. The number of hydrogen-bond donors (Lipinski definition) is 0. The molecule has 0 heterocycles. The molecule has 0 N–H and O–H groups in total. The van der Waals surface area contributed by atoms with E-state index < -0.39 is 11.6 Å². The van der Waals surface area contributed by atoms with Crippen molar-refractivity contribution in [1.29, 1.82) is 0 Å². The summed E-state index contributed by atoms with van der Waals surface area (Å²) in [6, 6.07) is 8.62. The number of hydrogen-bond acceptors (Lipinski definition) is 5. The average molecular weight is 485 g/mol. The first-order valence-electron chi connectivity index (χ1n) is 13.6. The van der Waals surface area contributed by atoms with Gasteiger partial charge >= 0.3 is 30.8 Å². The summed E-state index contributed by atoms with van der Waals surface area (Å²) in [5.74, 6) is -0.807. The van der Waals surface area contributed by atoms with E-state index in [9.17, 15) is 9.59 Å². The van der Waals surface area contributed by atoms with Gasteiger partial charge in [0, 0.05) is 6.42 Å². The monoisotopic (exact) mass is 484 g/mol. The summed E-state index contributed by atoms with van der Waals surface area (Å²) in [6.07, 6.45) is 19.9. The maximum atomic E-state index is 12.0. The Hall–Kier alpha value is -1.28. The first kappa shape index (κ1) is 33.7. The Balaban J connectivity index is 0.0000116. The zero-order valence-electron chi connectivity index (χ0n) is 21.9. The summed E-state index contributed by atoms with van der Waals surface area (Å²) < 4.78 is 5.31. The van der Waals surface area contributed by atoms with Crippen LogP contribution in [0.15, 0.2) is 30.3 Å². The molecule has 0 aliphatic heterocycles. The van der Waals surface area contributed by atoms with Gasteiger partial charge in [0.1, 0.15) is 12.2 Å². The summed E-state index contributed by atoms with van der Waals surface area (Å²) in [4.78, 5) is 34.0. The third kappa shape index (κ3) is 19.6. The van der Waals surface area contributed by atoms with Gasteiger partial charge in [-0.1, -0.05) is 115 Å². The van der Waals surface area contributed by atoms with E-state index in [0.717, 1.165) is 12.8 Å². The fraction of sp³-hybridized carbons (Fsp3) is 0.724. The van der Waals surface area contributed by atoms with Gasteiger partial charge in [-0.05, 0) is 32.4 Å². The van der Waals surface area contributed by atoms with E-state index in [1.54, 1.807) is 38.1 Å². The van der Waals surface area contributed by atoms with E-state index in [0.29, 0.717) is 12.0 Å². The van der Waals surface area contributed by atoms with Gasteiger partial charge in [-0.15, -0.1) is 0 Å². The van der Waals surface area contributed by atoms with Crippen molar-refractivity contribution in [3.05, 3.63) is 35.9 Å². The Bertz CT molecular complexity index is 648. The third-order valence-electron chi connectivity index (χ3n) is 5.92. The molecule has 1 aromatic carbocycles. The van der Waals surface area contributed by atoms with E-state index in [4.69, 9.17) is 14.5 Å². The number of unbranched alkanes of at least 4 members (excludes halogenated alkanes) is 14. The summed E-state index contributed by atoms with van der Waals surface area (Å²) in [5, 5.41) is 0. The second-order valence-corrected chi connectivity index (χ2v) is 9.94. The molecular weight excluding hydrogens is 435 g/mol. The number of rotatable bonds is 21. The Morgan fingerprint density at radius 1 is 0.714 bits per heavy atom. The van der Waals surface area contributed by atoms with Crippen molar-refractivity contribution >= 4 is 30.8 Å². The molecule has 0 saturated heterocycles. The van der Waals surface area contributed by atoms with Crippen molar-refractivity contribution in [3.8, 4) is 0 Å². The second-order valence-electron chi connectivity index (χ2n) is 9.94. The summed E-state index contributed by atoms with van der Waals surface area (Å²) in [6.45, 7) is 5.73. The van der Waals surface area contributed by atoms with Crippen molar-refractivity contribution in [2.24, 2.45) is 0 Å². The number of esters is 1. The standard InChI is InChI=1S/C29H48O5.Li.H/c1-4-5-6-7-8-9-10-11-12-13-14-15-16-17-21-24-27(30)32-25-29(2,3)34-33-28(31)26-22-19-18-20-23-26;;/h18-20,22-23H,4-17,21,24-25H2,1-3H3;;. The zero-order chi connectivity index (χ0) is 24.9. The number of ether oxygens (including phenoxy) is 1. The molecule has 0 aromatic heterocycles. The van der Waals surface area contributed by atoms with E-state index in [1.807, 2.05) is 6.07 Å². The number of benzene rings is 1. The topological polar surface area (TPSA) is 61.8 Å². The van der Waals surface area contributed by atoms with Crippen LogP contribution in [0.3, 0.4) is 0 Å². The molecule has 6 heteroatoms. The van der Waals surface area contributed by atoms with Gasteiger partial charge in [0.2, 0.25) is 0 Å². The molecule has 0 saturated carbocycles. The van der Waals surface area contributed by atoms with Crippen LogP contribution in [0.1, 0.15) is 134 Å². The maximum absolute atomic E-state index is 12.0. The first-order valence-corrected chi connectivity index (χ1v) is 13.6. The van der Waals surface area contributed by atoms with Crippen molar-refractivity contribution in [2.75, 3.05) is 6.61 Å². The Morgan fingerprint density at radius 3 is 1.66 bits per heavy atom. The van der Waals surface area contributed by atoms with Gasteiger partial charge in [-0.25, -0.2) is 4.79 Å². The van der Waals surface area contributed by atoms with E-state index >= 15 is 0 Å². The Kier molecular flexibility index (Phi) is 21.2. The molecule has 0 radical (unpaired) electrons. The molecule has 0 unspecified atom stereocenters. The summed E-state index contributed by atoms with van der Waals surface area (Å²) in [5.41, 5.74) is -0.502. The molecule has 196 valence electrons. The van der Waals surface area contributed by atoms with Crippen molar-refractivity contribution in [3.63, 3.8) is 0 Å². The van der Waals surface area contributed by atoms with Crippen LogP contribution in [0.4, 0.5) is 0 Å². The van der Waals surface area contributed by atoms with Crippen LogP contribution in [-0.4, -0.2) is 43.0 Å². The predicted molar refractivity (Wildman–Crippen MR) is 145 cm³/mol. The average Bonchev–Trinajstić information content (AvgIpc) is 2.84. The molecule has 0 spiro atoms. The quantitative estimate of drug-likeness (QED) is 0.0588. The normalized spacial score (nSPS) is 11.1. The first-order chi connectivity index (χ1) is 16.4. The molecule has 0 aliphatic carbocycles. The van der Waals surface area contributed by atoms with E-state index in [1.165, 1.54) is 83.5 Å². The number of carbonyl (C=O) groups excluding carboxylic acids is 2. The van der Waals surface area contributed by atoms with Crippen LogP contribution in [0.5, 0.6) is 0 Å². The van der Waals surface area contributed by atoms with Crippen LogP contribution >= 0.6 is 0 Å². The van der Waals surface area contributed by atoms with Crippen LogP contribution < -0.4 is 0 Å². The molecule has 1 rings (SSSR count). The minimum atomic E-state index is -0.908. The molecule has 0 fully saturated rings. The van der Waals surface area contributed by atoms with Gasteiger partial charge < -0.3 is 4.74 Å². The fourth-order valence-electron chi connectivity index (χ4n) is 3.76. The molecule has 0 aliphatic rings. The van der Waals surface area contributed by atoms with E-state index in [-0.39, 0.29) is 31.4 Å². The van der Waals surface area contributed by atoms with E-state index in [2.05, 4.69) is 6.92 Å². The summed E-state index contributed by atoms with van der Waals surface area (Å²) >= 11 is 0. The molecule has 1 aromatic rings. The van der Waals surface area contributed by atoms with Crippen LogP contribution in [-0.2, 0) is 19.3 Å². The zero-order valence-corrected chi connectivity index (χ0v) is 21.9. The van der Waals surface area contributed by atoms with Crippen molar-refractivity contribution in [2.45, 2.75) is 129 Å². The van der Waals surface area contributed by atoms with Crippen LogP contribution in [0, 0.1) is 0 Å². The van der Waals surface area contributed by atoms with Gasteiger partial charge in [-0.2, -0.15) is 4.89 Å². The molecule has 0 bridgehead atoms. The van der Waals surface area contributed by atoms with Crippen molar-refractivity contribution in [1.82, 2.24) is 0 Å². The number of carbonyl (C=O) groups is 2. The predicted octanol–water partition coefficient (Wildman–Crippen LogP) is 7.71. The van der Waals surface area contributed by atoms with Gasteiger partial charge in [-0.3, -0.25) is 9.68 Å². The van der Waals surface area contributed by atoms with Gasteiger partial charge in [0.25, 0.3) is 0 Å². The Morgan fingerprint density at radius 2 is 1.17 bits per heavy atom. The van der Waals surface area contributed by atoms with Gasteiger partial charge in [0.05, 0.1) is 5.56 Å². The molecule has 0 atom stereocenters. The SMILES string of the molecule is CCCCCCCCCCCCCCCCCC(=O)OCC(C)(C)OOC(=O)c1ccccc1.[LiH]. The second kappa shape index (κ2) is 22.0. The van der Waals surface area contributed by atoms with Crippen molar-refractivity contribution < 1.29 is 24.1 Å². The van der Waals surface area contributed by atoms with Gasteiger partial charge in [0.15, 0.2) is 0 Å².